The van der Waals surface area contributed by atoms with Gasteiger partial charge in [0, 0.05) is 24.2 Å². The first kappa shape index (κ1) is 11.5. The van der Waals surface area contributed by atoms with Crippen LogP contribution in [-0.2, 0) is 0 Å². The Morgan fingerprint density at radius 1 is 1.40 bits per heavy atom. The molecule has 0 aliphatic carbocycles. The van der Waals surface area contributed by atoms with Crippen LogP contribution < -0.4 is 5.32 Å². The van der Waals surface area contributed by atoms with Crippen molar-refractivity contribution in [1.29, 1.82) is 5.26 Å². The summed E-state index contributed by atoms with van der Waals surface area (Å²) < 4.78 is 0. The van der Waals surface area contributed by atoms with Crippen molar-refractivity contribution in [2.24, 2.45) is 0 Å². The SMILES string of the molecule is Cl.N#CC1=CNC(c2ccncc2)CC1. The molecule has 1 aliphatic rings. The van der Waals surface area contributed by atoms with E-state index in [9.17, 15) is 0 Å². The lowest BCUT2D eigenvalue weighted by atomic mass is 9.98. The molecule has 15 heavy (non-hydrogen) atoms. The second kappa shape index (κ2) is 5.38. The van der Waals surface area contributed by atoms with Crippen LogP contribution in [-0.4, -0.2) is 4.98 Å². The van der Waals surface area contributed by atoms with Gasteiger partial charge in [-0.3, -0.25) is 4.98 Å². The maximum absolute atomic E-state index is 8.68. The Balaban J connectivity index is 0.00000112. The smallest absolute Gasteiger partial charge is 0.0962 e. The molecule has 0 radical (unpaired) electrons. The van der Waals surface area contributed by atoms with Crippen LogP contribution in [0, 0.1) is 11.3 Å². The molecular formula is C11H12ClN3. The average molecular weight is 222 g/mol. The Hall–Kier alpha value is -1.53. The van der Waals surface area contributed by atoms with Crippen molar-refractivity contribution in [3.05, 3.63) is 41.9 Å². The first-order valence-electron chi connectivity index (χ1n) is 4.65. The zero-order chi connectivity index (χ0) is 9.80. The van der Waals surface area contributed by atoms with Gasteiger partial charge in [-0.25, -0.2) is 0 Å². The number of halogens is 1. The predicted octanol–water partition coefficient (Wildman–Crippen LogP) is 2.34. The molecule has 1 aliphatic heterocycles. The molecule has 1 N–H and O–H groups in total. The Kier molecular flexibility index (Phi) is 4.14. The highest BCUT2D eigenvalue weighted by Crippen LogP contribution is 2.23. The topological polar surface area (TPSA) is 48.7 Å². The van der Waals surface area contributed by atoms with Crippen molar-refractivity contribution < 1.29 is 0 Å². The number of hydrogen-bond donors (Lipinski definition) is 1. The number of nitriles is 1. The molecule has 1 aromatic rings. The molecule has 1 unspecified atom stereocenters. The van der Waals surface area contributed by atoms with Crippen molar-refractivity contribution >= 4 is 12.4 Å². The van der Waals surface area contributed by atoms with Gasteiger partial charge in [-0.2, -0.15) is 5.26 Å². The highest BCUT2D eigenvalue weighted by atomic mass is 35.5. The Bertz CT molecular complexity index is 381. The van der Waals surface area contributed by atoms with Gasteiger partial charge in [0.1, 0.15) is 0 Å². The minimum absolute atomic E-state index is 0. The number of allylic oxidation sites excluding steroid dienone is 1. The van der Waals surface area contributed by atoms with Crippen molar-refractivity contribution in [2.75, 3.05) is 0 Å². The van der Waals surface area contributed by atoms with Crippen molar-refractivity contribution in [1.82, 2.24) is 10.3 Å². The molecule has 4 heteroatoms. The number of pyridine rings is 1. The van der Waals surface area contributed by atoms with Gasteiger partial charge in [-0.05, 0) is 30.5 Å². The summed E-state index contributed by atoms with van der Waals surface area (Å²) in [7, 11) is 0. The summed E-state index contributed by atoms with van der Waals surface area (Å²) in [6.45, 7) is 0. The third-order valence-electron chi connectivity index (χ3n) is 2.41. The summed E-state index contributed by atoms with van der Waals surface area (Å²) in [6, 6.07) is 6.50. The van der Waals surface area contributed by atoms with E-state index in [4.69, 9.17) is 5.26 Å². The molecule has 2 rings (SSSR count). The van der Waals surface area contributed by atoms with Crippen LogP contribution in [0.5, 0.6) is 0 Å². The number of nitrogens with zero attached hydrogens (tertiary/aromatic N) is 2. The lowest BCUT2D eigenvalue weighted by molar-refractivity contribution is 0.544. The van der Waals surface area contributed by atoms with E-state index in [0.717, 1.165) is 18.4 Å². The van der Waals surface area contributed by atoms with Gasteiger partial charge in [0.15, 0.2) is 0 Å². The van der Waals surface area contributed by atoms with Crippen LogP contribution in [0.15, 0.2) is 36.3 Å². The molecule has 2 heterocycles. The third-order valence-corrected chi connectivity index (χ3v) is 2.41. The molecule has 1 atom stereocenters. The lowest BCUT2D eigenvalue weighted by Gasteiger charge is -2.21. The minimum Gasteiger partial charge on any atom is -0.383 e. The third kappa shape index (κ3) is 2.71. The fourth-order valence-electron chi connectivity index (χ4n) is 1.60. The first-order valence-corrected chi connectivity index (χ1v) is 4.65. The Morgan fingerprint density at radius 3 is 2.67 bits per heavy atom. The van der Waals surface area contributed by atoms with E-state index < -0.39 is 0 Å². The summed E-state index contributed by atoms with van der Waals surface area (Å²) in [6.07, 6.45) is 7.23. The normalized spacial score (nSPS) is 19.1. The zero-order valence-electron chi connectivity index (χ0n) is 8.18. The van der Waals surface area contributed by atoms with Crippen LogP contribution in [0.4, 0.5) is 0 Å². The molecule has 0 saturated carbocycles. The van der Waals surface area contributed by atoms with Crippen LogP contribution in [0.3, 0.4) is 0 Å². The van der Waals surface area contributed by atoms with Gasteiger partial charge in [-0.1, -0.05) is 0 Å². The molecule has 3 nitrogen and oxygen atoms in total. The van der Waals surface area contributed by atoms with Crippen molar-refractivity contribution in [3.63, 3.8) is 0 Å². The molecule has 78 valence electrons. The number of aromatic nitrogens is 1. The fraction of sp³-hybridized carbons (Fsp3) is 0.273. The Labute approximate surface area is 95.2 Å². The summed E-state index contributed by atoms with van der Waals surface area (Å²) >= 11 is 0. The second-order valence-electron chi connectivity index (χ2n) is 3.32. The first-order chi connectivity index (χ1) is 6.90. The fourth-order valence-corrected chi connectivity index (χ4v) is 1.60. The van der Waals surface area contributed by atoms with Gasteiger partial charge in [0.25, 0.3) is 0 Å². The van der Waals surface area contributed by atoms with Crippen LogP contribution in [0.1, 0.15) is 24.4 Å². The summed E-state index contributed by atoms with van der Waals surface area (Å²) in [5.41, 5.74) is 2.06. The number of hydrogen-bond acceptors (Lipinski definition) is 3. The molecule has 0 saturated heterocycles. The zero-order valence-corrected chi connectivity index (χ0v) is 9.00. The Morgan fingerprint density at radius 2 is 2.13 bits per heavy atom. The maximum atomic E-state index is 8.68. The predicted molar refractivity (Wildman–Crippen MR) is 60.3 cm³/mol. The van der Waals surface area contributed by atoms with Gasteiger partial charge in [0.2, 0.25) is 0 Å². The molecular weight excluding hydrogens is 210 g/mol. The van der Waals surface area contributed by atoms with E-state index in [-0.39, 0.29) is 12.4 Å². The summed E-state index contributed by atoms with van der Waals surface area (Å²) in [5, 5.41) is 11.9. The van der Waals surface area contributed by atoms with E-state index in [2.05, 4.69) is 16.4 Å². The highest BCUT2D eigenvalue weighted by Gasteiger charge is 2.14. The van der Waals surface area contributed by atoms with Gasteiger partial charge in [0.05, 0.1) is 12.1 Å². The average Bonchev–Trinajstić information content (AvgIpc) is 2.30. The van der Waals surface area contributed by atoms with Crippen LogP contribution in [0.2, 0.25) is 0 Å². The van der Waals surface area contributed by atoms with E-state index in [1.807, 2.05) is 18.3 Å². The molecule has 0 aromatic carbocycles. The number of nitrogens with one attached hydrogen (secondary N) is 1. The number of rotatable bonds is 1. The van der Waals surface area contributed by atoms with Gasteiger partial charge in [-0.15, -0.1) is 12.4 Å². The van der Waals surface area contributed by atoms with Crippen molar-refractivity contribution in [2.45, 2.75) is 18.9 Å². The van der Waals surface area contributed by atoms with Crippen LogP contribution in [0.25, 0.3) is 0 Å². The standard InChI is InChI=1S/C11H11N3.ClH/c12-7-9-1-2-11(14-8-9)10-3-5-13-6-4-10;/h3-6,8,11,14H,1-2H2;1H. The van der Waals surface area contributed by atoms with Crippen LogP contribution >= 0.6 is 12.4 Å². The molecule has 1 aromatic heterocycles. The van der Waals surface area contributed by atoms with Gasteiger partial charge < -0.3 is 5.32 Å². The highest BCUT2D eigenvalue weighted by molar-refractivity contribution is 5.85. The van der Waals surface area contributed by atoms with E-state index in [1.165, 1.54) is 5.56 Å². The van der Waals surface area contributed by atoms with E-state index in [0.29, 0.717) is 6.04 Å². The summed E-state index contributed by atoms with van der Waals surface area (Å²) in [5.74, 6) is 0. The molecule has 0 spiro atoms. The van der Waals surface area contributed by atoms with Gasteiger partial charge >= 0.3 is 0 Å². The molecule has 0 amide bonds. The maximum Gasteiger partial charge on any atom is 0.0962 e. The lowest BCUT2D eigenvalue weighted by Crippen LogP contribution is -2.20. The van der Waals surface area contributed by atoms with E-state index >= 15 is 0 Å². The minimum atomic E-state index is 0. The molecule has 0 fully saturated rings. The van der Waals surface area contributed by atoms with E-state index in [1.54, 1.807) is 12.4 Å². The van der Waals surface area contributed by atoms with Crippen molar-refractivity contribution in [3.8, 4) is 6.07 Å². The largest absolute Gasteiger partial charge is 0.383 e. The quantitative estimate of drug-likeness (QED) is 0.792. The summed E-state index contributed by atoms with van der Waals surface area (Å²) in [4.78, 5) is 3.98. The monoisotopic (exact) mass is 221 g/mol. The second-order valence-corrected chi connectivity index (χ2v) is 3.32. The molecule has 0 bridgehead atoms.